The molecule has 0 atom stereocenters. The van der Waals surface area contributed by atoms with Crippen molar-refractivity contribution in [3.63, 3.8) is 0 Å². The number of sulfone groups is 1. The number of aromatic amines is 1. The van der Waals surface area contributed by atoms with E-state index >= 15 is 0 Å². The number of hydrogen-bond donors (Lipinski definition) is 1. The van der Waals surface area contributed by atoms with Crippen LogP contribution in [0.3, 0.4) is 0 Å². The number of carbonyl (C=O) groups is 1. The topological polar surface area (TPSA) is 92.4 Å². The highest BCUT2D eigenvalue weighted by Crippen LogP contribution is 2.32. The van der Waals surface area contributed by atoms with E-state index in [1.165, 1.54) is 4.90 Å². The summed E-state index contributed by atoms with van der Waals surface area (Å²) >= 11 is 0. The van der Waals surface area contributed by atoms with Gasteiger partial charge in [0.1, 0.15) is 12.4 Å². The molecule has 1 aliphatic rings. The lowest BCUT2D eigenvalue weighted by Gasteiger charge is -2.20. The quantitative estimate of drug-likeness (QED) is 0.445. The Hall–Kier alpha value is -3.86. The Kier molecular flexibility index (Phi) is 5.51. The summed E-state index contributed by atoms with van der Waals surface area (Å²) in [5, 5.41) is 7.95. The molecule has 3 aromatic carbocycles. The number of halogens is 3. The molecule has 35 heavy (non-hydrogen) atoms. The summed E-state index contributed by atoms with van der Waals surface area (Å²) in [7, 11) is -5.48. The van der Waals surface area contributed by atoms with Crippen LogP contribution in [-0.4, -0.2) is 48.1 Å². The first-order chi connectivity index (χ1) is 16.6. The first kappa shape index (κ1) is 22.9. The Bertz CT molecular complexity index is 1530. The van der Waals surface area contributed by atoms with Crippen LogP contribution in [0.4, 0.5) is 13.2 Å². The predicted molar refractivity (Wildman–Crippen MR) is 121 cm³/mol. The maximum absolute atomic E-state index is 13.1. The van der Waals surface area contributed by atoms with Gasteiger partial charge in [-0.2, -0.15) is 18.3 Å². The molecule has 0 fully saturated rings. The van der Waals surface area contributed by atoms with Crippen LogP contribution in [0.25, 0.3) is 22.0 Å². The lowest BCUT2D eigenvalue weighted by molar-refractivity contribution is -0.0436. The largest absolute Gasteiger partial charge is 0.501 e. The molecule has 1 aliphatic heterocycles. The molecule has 1 aromatic heterocycles. The second-order valence-electron chi connectivity index (χ2n) is 8.04. The summed E-state index contributed by atoms with van der Waals surface area (Å²) in [5.74, 6) is 0.194. The molecule has 1 amide bonds. The number of nitrogens with zero attached hydrogens (tertiary/aromatic N) is 2. The highest BCUT2D eigenvalue weighted by Gasteiger charge is 2.46. The minimum atomic E-state index is -5.48. The second kappa shape index (κ2) is 8.42. The van der Waals surface area contributed by atoms with E-state index in [1.807, 2.05) is 36.4 Å². The van der Waals surface area contributed by atoms with Crippen LogP contribution in [0.15, 0.2) is 71.8 Å². The SMILES string of the molecule is O=C(c1ccc(S(=O)(=O)C(F)(F)F)cc1)N1CCOc2ccc(-c3ccc4cn[nH]c4c3)cc2C1. The van der Waals surface area contributed by atoms with Gasteiger partial charge in [-0.15, -0.1) is 0 Å². The van der Waals surface area contributed by atoms with Crippen LogP contribution in [0.5, 0.6) is 5.75 Å². The van der Waals surface area contributed by atoms with E-state index in [-0.39, 0.29) is 25.3 Å². The molecule has 7 nitrogen and oxygen atoms in total. The summed E-state index contributed by atoms with van der Waals surface area (Å²) in [6, 6.07) is 15.3. The first-order valence-corrected chi connectivity index (χ1v) is 12.0. The molecule has 0 spiro atoms. The van der Waals surface area contributed by atoms with Gasteiger partial charge < -0.3 is 9.64 Å². The molecule has 5 rings (SSSR count). The van der Waals surface area contributed by atoms with E-state index in [1.54, 1.807) is 6.20 Å². The van der Waals surface area contributed by atoms with Crippen molar-refractivity contribution in [2.75, 3.05) is 13.2 Å². The predicted octanol–water partition coefficient (Wildman–Crippen LogP) is 4.56. The van der Waals surface area contributed by atoms with E-state index in [9.17, 15) is 26.4 Å². The van der Waals surface area contributed by atoms with Crippen LogP contribution in [0.1, 0.15) is 15.9 Å². The van der Waals surface area contributed by atoms with Gasteiger partial charge in [-0.05, 0) is 53.6 Å². The Morgan fingerprint density at radius 3 is 2.46 bits per heavy atom. The van der Waals surface area contributed by atoms with E-state index in [0.29, 0.717) is 5.75 Å². The number of aromatic nitrogens is 2. The minimum Gasteiger partial charge on any atom is -0.491 e. The molecule has 4 aromatic rings. The number of hydrogen-bond acceptors (Lipinski definition) is 5. The number of benzene rings is 3. The summed E-state index contributed by atoms with van der Waals surface area (Å²) in [5.41, 5.74) is -1.80. The van der Waals surface area contributed by atoms with Gasteiger partial charge in [0.25, 0.3) is 15.7 Å². The Balaban J connectivity index is 1.40. The summed E-state index contributed by atoms with van der Waals surface area (Å²) in [4.78, 5) is 13.7. The zero-order chi connectivity index (χ0) is 24.8. The monoisotopic (exact) mass is 501 g/mol. The highest BCUT2D eigenvalue weighted by molar-refractivity contribution is 7.92. The maximum Gasteiger partial charge on any atom is 0.501 e. The van der Waals surface area contributed by atoms with Crippen molar-refractivity contribution in [2.45, 2.75) is 16.9 Å². The number of carbonyl (C=O) groups excluding carboxylic acids is 1. The van der Waals surface area contributed by atoms with E-state index in [2.05, 4.69) is 10.2 Å². The molecule has 0 radical (unpaired) electrons. The van der Waals surface area contributed by atoms with Gasteiger partial charge in [-0.25, -0.2) is 8.42 Å². The standard InChI is InChI=1S/C24H18F3N3O4S/c25-24(26,27)35(32,33)20-6-3-15(4-7-20)23(31)30-9-10-34-22-8-5-16(11-19(22)14-30)17-1-2-18-13-28-29-21(18)12-17/h1-8,11-13H,9-10,14H2,(H,28,29). The van der Waals surface area contributed by atoms with Crippen molar-refractivity contribution >= 4 is 26.6 Å². The van der Waals surface area contributed by atoms with Crippen molar-refractivity contribution in [2.24, 2.45) is 0 Å². The first-order valence-electron chi connectivity index (χ1n) is 10.5. The number of alkyl halides is 3. The number of ether oxygens (including phenoxy) is 1. The fraction of sp³-hybridized carbons (Fsp3) is 0.167. The van der Waals surface area contributed by atoms with Crippen molar-refractivity contribution in [1.82, 2.24) is 15.1 Å². The van der Waals surface area contributed by atoms with Gasteiger partial charge in [0.2, 0.25) is 0 Å². The van der Waals surface area contributed by atoms with Gasteiger partial charge in [0.05, 0.1) is 23.2 Å². The van der Waals surface area contributed by atoms with Gasteiger partial charge in [0, 0.05) is 23.1 Å². The zero-order valence-corrected chi connectivity index (χ0v) is 18.9. The number of fused-ring (bicyclic) bond motifs is 2. The number of H-pyrrole nitrogens is 1. The third-order valence-corrected chi connectivity index (χ3v) is 7.32. The summed E-state index contributed by atoms with van der Waals surface area (Å²) in [6.07, 6.45) is 1.73. The fourth-order valence-electron chi connectivity index (χ4n) is 3.96. The van der Waals surface area contributed by atoms with Crippen LogP contribution in [-0.2, 0) is 16.4 Å². The van der Waals surface area contributed by atoms with Gasteiger partial charge in [-0.1, -0.05) is 18.2 Å². The van der Waals surface area contributed by atoms with Gasteiger partial charge in [-0.3, -0.25) is 9.89 Å². The van der Waals surface area contributed by atoms with Crippen LogP contribution < -0.4 is 4.74 Å². The average molecular weight is 501 g/mol. The van der Waals surface area contributed by atoms with Crippen molar-refractivity contribution in [1.29, 1.82) is 0 Å². The maximum atomic E-state index is 13.1. The molecule has 0 saturated heterocycles. The van der Waals surface area contributed by atoms with Crippen molar-refractivity contribution in [3.05, 3.63) is 78.0 Å². The lowest BCUT2D eigenvalue weighted by atomic mass is 10.0. The molecular weight excluding hydrogens is 483 g/mol. The number of nitrogens with one attached hydrogen (secondary N) is 1. The molecule has 0 unspecified atom stereocenters. The molecule has 0 saturated carbocycles. The Morgan fingerprint density at radius 2 is 1.71 bits per heavy atom. The van der Waals surface area contributed by atoms with E-state index in [0.717, 1.165) is 51.9 Å². The summed E-state index contributed by atoms with van der Waals surface area (Å²) < 4.78 is 67.3. The number of amides is 1. The minimum absolute atomic E-state index is 0.0791. The van der Waals surface area contributed by atoms with Crippen LogP contribution in [0.2, 0.25) is 0 Å². The Labute approximate surface area is 198 Å². The van der Waals surface area contributed by atoms with E-state index in [4.69, 9.17) is 4.74 Å². The number of rotatable bonds is 3. The third-order valence-electron chi connectivity index (χ3n) is 5.82. The van der Waals surface area contributed by atoms with Gasteiger partial charge in [0.15, 0.2) is 0 Å². The highest BCUT2D eigenvalue weighted by atomic mass is 32.2. The normalized spacial score (nSPS) is 14.3. The molecule has 0 bridgehead atoms. The molecule has 11 heteroatoms. The smallest absolute Gasteiger partial charge is 0.491 e. The lowest BCUT2D eigenvalue weighted by Crippen LogP contribution is -2.32. The summed E-state index contributed by atoms with van der Waals surface area (Å²) in [6.45, 7) is 0.710. The van der Waals surface area contributed by atoms with Crippen LogP contribution >= 0.6 is 0 Å². The zero-order valence-electron chi connectivity index (χ0n) is 18.0. The van der Waals surface area contributed by atoms with Crippen molar-refractivity contribution in [3.8, 4) is 16.9 Å². The second-order valence-corrected chi connectivity index (χ2v) is 9.98. The Morgan fingerprint density at radius 1 is 1.00 bits per heavy atom. The van der Waals surface area contributed by atoms with Crippen molar-refractivity contribution < 1.29 is 31.1 Å². The average Bonchev–Trinajstić information content (AvgIpc) is 3.20. The fourth-order valence-corrected chi connectivity index (χ4v) is 4.72. The van der Waals surface area contributed by atoms with Crippen LogP contribution in [0, 0.1) is 0 Å². The molecular formula is C24H18F3N3O4S. The van der Waals surface area contributed by atoms with E-state index < -0.39 is 26.1 Å². The van der Waals surface area contributed by atoms with Gasteiger partial charge >= 0.3 is 5.51 Å². The molecule has 1 N–H and O–H groups in total. The molecule has 2 heterocycles. The molecule has 180 valence electrons. The molecule has 0 aliphatic carbocycles. The third kappa shape index (κ3) is 4.23.